The SMILES string of the molecule is COC(=O)C1(C(N)C(=O)OC(C)(C)C)CC12CCCCC2. The zero-order chi connectivity index (χ0) is 15.9. The van der Waals surface area contributed by atoms with Crippen molar-refractivity contribution in [3.8, 4) is 0 Å². The molecule has 2 rings (SSSR count). The van der Waals surface area contributed by atoms with Crippen LogP contribution in [0.15, 0.2) is 0 Å². The third-order valence-corrected chi connectivity index (χ3v) is 4.99. The first-order chi connectivity index (χ1) is 9.68. The zero-order valence-electron chi connectivity index (χ0n) is 13.5. The molecule has 120 valence electrons. The lowest BCUT2D eigenvalue weighted by atomic mass is 9.76. The highest BCUT2D eigenvalue weighted by molar-refractivity contribution is 5.91. The van der Waals surface area contributed by atoms with Crippen molar-refractivity contribution in [3.05, 3.63) is 0 Å². The van der Waals surface area contributed by atoms with E-state index >= 15 is 0 Å². The number of carbonyl (C=O) groups is 2. The van der Waals surface area contributed by atoms with E-state index in [4.69, 9.17) is 15.2 Å². The van der Waals surface area contributed by atoms with E-state index in [0.29, 0.717) is 6.42 Å². The Kier molecular flexibility index (Phi) is 4.08. The van der Waals surface area contributed by atoms with Gasteiger partial charge in [-0.05, 0) is 45.4 Å². The second-order valence-corrected chi connectivity index (χ2v) is 7.49. The normalized spacial score (nSPS) is 28.8. The molecule has 2 aliphatic carbocycles. The first kappa shape index (κ1) is 16.3. The third-order valence-electron chi connectivity index (χ3n) is 4.99. The maximum atomic E-state index is 12.4. The molecule has 5 heteroatoms. The largest absolute Gasteiger partial charge is 0.469 e. The average molecular weight is 297 g/mol. The Morgan fingerprint density at radius 3 is 2.19 bits per heavy atom. The molecule has 2 fully saturated rings. The lowest BCUT2D eigenvalue weighted by molar-refractivity contribution is -0.165. The van der Waals surface area contributed by atoms with Gasteiger partial charge in [0.25, 0.3) is 0 Å². The highest BCUT2D eigenvalue weighted by Crippen LogP contribution is 2.72. The maximum absolute atomic E-state index is 12.4. The Morgan fingerprint density at radius 2 is 1.71 bits per heavy atom. The number of hydrogen-bond donors (Lipinski definition) is 1. The predicted molar refractivity (Wildman–Crippen MR) is 78.4 cm³/mol. The molecule has 5 nitrogen and oxygen atoms in total. The smallest absolute Gasteiger partial charge is 0.324 e. The topological polar surface area (TPSA) is 78.6 Å². The van der Waals surface area contributed by atoms with Crippen LogP contribution < -0.4 is 5.73 Å². The molecule has 0 amide bonds. The van der Waals surface area contributed by atoms with Crippen LogP contribution >= 0.6 is 0 Å². The Morgan fingerprint density at radius 1 is 1.14 bits per heavy atom. The molecule has 0 bridgehead atoms. The van der Waals surface area contributed by atoms with Gasteiger partial charge < -0.3 is 15.2 Å². The molecular formula is C16H27NO4. The van der Waals surface area contributed by atoms with Crippen LogP contribution in [0.1, 0.15) is 59.3 Å². The summed E-state index contributed by atoms with van der Waals surface area (Å²) < 4.78 is 10.4. The van der Waals surface area contributed by atoms with E-state index in [1.807, 2.05) is 0 Å². The van der Waals surface area contributed by atoms with Crippen LogP contribution in [-0.2, 0) is 19.1 Å². The van der Waals surface area contributed by atoms with Gasteiger partial charge in [-0.2, -0.15) is 0 Å². The standard InChI is InChI=1S/C16H27NO4/c1-14(2,3)21-12(18)11(17)16(13(19)20-4)10-15(16)8-6-5-7-9-15/h11H,5-10,17H2,1-4H3. The van der Waals surface area contributed by atoms with Crippen molar-refractivity contribution in [2.75, 3.05) is 7.11 Å². The zero-order valence-corrected chi connectivity index (χ0v) is 13.5. The van der Waals surface area contributed by atoms with Gasteiger partial charge in [-0.1, -0.05) is 19.3 Å². The fraction of sp³-hybridized carbons (Fsp3) is 0.875. The molecule has 0 aliphatic heterocycles. The molecular weight excluding hydrogens is 270 g/mol. The van der Waals surface area contributed by atoms with Crippen molar-refractivity contribution in [1.82, 2.24) is 0 Å². The molecule has 0 heterocycles. The highest BCUT2D eigenvalue weighted by Gasteiger charge is 2.76. The molecule has 2 N–H and O–H groups in total. The molecule has 0 aromatic heterocycles. The van der Waals surface area contributed by atoms with Crippen LogP contribution in [-0.4, -0.2) is 30.7 Å². The van der Waals surface area contributed by atoms with Crippen molar-refractivity contribution < 1.29 is 19.1 Å². The van der Waals surface area contributed by atoms with Crippen LogP contribution in [0.3, 0.4) is 0 Å². The molecule has 2 aliphatic rings. The Labute approximate surface area is 126 Å². The van der Waals surface area contributed by atoms with Gasteiger partial charge in [0.2, 0.25) is 0 Å². The Hall–Kier alpha value is -1.10. The summed E-state index contributed by atoms with van der Waals surface area (Å²) in [5, 5.41) is 0. The Balaban J connectivity index is 2.22. The molecule has 2 unspecified atom stereocenters. The quantitative estimate of drug-likeness (QED) is 0.808. The monoisotopic (exact) mass is 297 g/mol. The van der Waals surface area contributed by atoms with E-state index in [-0.39, 0.29) is 11.4 Å². The number of esters is 2. The van der Waals surface area contributed by atoms with Crippen molar-refractivity contribution in [2.24, 2.45) is 16.6 Å². The number of methoxy groups -OCH3 is 1. The van der Waals surface area contributed by atoms with E-state index in [2.05, 4.69) is 0 Å². The van der Waals surface area contributed by atoms with Crippen LogP contribution in [0.2, 0.25) is 0 Å². The van der Waals surface area contributed by atoms with E-state index in [9.17, 15) is 9.59 Å². The van der Waals surface area contributed by atoms with Gasteiger partial charge in [-0.25, -0.2) is 0 Å². The number of hydrogen-bond acceptors (Lipinski definition) is 5. The molecule has 0 aromatic carbocycles. The van der Waals surface area contributed by atoms with Crippen LogP contribution in [0.5, 0.6) is 0 Å². The molecule has 1 spiro atoms. The molecule has 2 saturated carbocycles. The molecule has 0 radical (unpaired) electrons. The van der Waals surface area contributed by atoms with Crippen LogP contribution in [0, 0.1) is 10.8 Å². The Bertz CT molecular complexity index is 434. The first-order valence-electron chi connectivity index (χ1n) is 7.75. The highest BCUT2D eigenvalue weighted by atomic mass is 16.6. The minimum Gasteiger partial charge on any atom is -0.469 e. The lowest BCUT2D eigenvalue weighted by Crippen LogP contribution is -2.50. The number of nitrogens with two attached hydrogens (primary N) is 1. The van der Waals surface area contributed by atoms with Crippen molar-refractivity contribution in [3.63, 3.8) is 0 Å². The van der Waals surface area contributed by atoms with Gasteiger partial charge in [0.1, 0.15) is 11.6 Å². The fourth-order valence-corrected chi connectivity index (χ4v) is 3.95. The molecule has 2 atom stereocenters. The van der Waals surface area contributed by atoms with Crippen LogP contribution in [0.25, 0.3) is 0 Å². The summed E-state index contributed by atoms with van der Waals surface area (Å²) in [5.74, 6) is -0.863. The number of rotatable bonds is 3. The summed E-state index contributed by atoms with van der Waals surface area (Å²) in [4.78, 5) is 24.7. The number of carbonyl (C=O) groups excluding carboxylic acids is 2. The minimum atomic E-state index is -0.942. The number of ether oxygens (including phenoxy) is 2. The van der Waals surface area contributed by atoms with Crippen molar-refractivity contribution >= 4 is 11.9 Å². The first-order valence-corrected chi connectivity index (χ1v) is 7.75. The second-order valence-electron chi connectivity index (χ2n) is 7.49. The second kappa shape index (κ2) is 5.27. The van der Waals surface area contributed by atoms with Gasteiger partial charge in [0.15, 0.2) is 0 Å². The summed E-state index contributed by atoms with van der Waals surface area (Å²) in [5.41, 5.74) is 4.52. The lowest BCUT2D eigenvalue weighted by Gasteiger charge is -2.31. The summed E-state index contributed by atoms with van der Waals surface area (Å²) in [6.07, 6.45) is 5.88. The van der Waals surface area contributed by atoms with Crippen molar-refractivity contribution in [1.29, 1.82) is 0 Å². The fourth-order valence-electron chi connectivity index (χ4n) is 3.95. The van der Waals surface area contributed by atoms with Gasteiger partial charge in [0.05, 0.1) is 12.5 Å². The van der Waals surface area contributed by atoms with Gasteiger partial charge >= 0.3 is 11.9 Å². The average Bonchev–Trinajstić information content (AvgIpc) is 3.04. The van der Waals surface area contributed by atoms with E-state index < -0.39 is 23.0 Å². The molecule has 21 heavy (non-hydrogen) atoms. The molecule has 0 aromatic rings. The van der Waals surface area contributed by atoms with E-state index in [1.165, 1.54) is 13.5 Å². The predicted octanol–water partition coefficient (Wildman–Crippen LogP) is 2.17. The van der Waals surface area contributed by atoms with Gasteiger partial charge in [-0.3, -0.25) is 9.59 Å². The summed E-state index contributed by atoms with van der Waals surface area (Å²) in [7, 11) is 1.36. The minimum absolute atomic E-state index is 0.158. The summed E-state index contributed by atoms with van der Waals surface area (Å²) >= 11 is 0. The summed E-state index contributed by atoms with van der Waals surface area (Å²) in [6.45, 7) is 5.39. The third kappa shape index (κ3) is 2.68. The van der Waals surface area contributed by atoms with Crippen LogP contribution in [0.4, 0.5) is 0 Å². The molecule has 0 saturated heterocycles. The van der Waals surface area contributed by atoms with E-state index in [0.717, 1.165) is 25.7 Å². The van der Waals surface area contributed by atoms with Gasteiger partial charge in [0, 0.05) is 0 Å². The van der Waals surface area contributed by atoms with E-state index in [1.54, 1.807) is 20.8 Å². The van der Waals surface area contributed by atoms with Gasteiger partial charge in [-0.15, -0.1) is 0 Å². The van der Waals surface area contributed by atoms with Crippen molar-refractivity contribution in [2.45, 2.75) is 70.9 Å². The summed E-state index contributed by atoms with van der Waals surface area (Å²) in [6, 6.07) is -0.942. The maximum Gasteiger partial charge on any atom is 0.324 e.